The van der Waals surface area contributed by atoms with Crippen LogP contribution < -0.4 is 5.32 Å². The molecule has 0 spiro atoms. The number of carboxylic acids is 1. The molecule has 0 atom stereocenters. The smallest absolute Gasteiger partial charge is 0.352 e. The largest absolute Gasteiger partial charge is 0.477 e. The minimum atomic E-state index is -1.09. The second kappa shape index (κ2) is 6.74. The van der Waals surface area contributed by atoms with E-state index < -0.39 is 5.97 Å². The van der Waals surface area contributed by atoms with Crippen molar-refractivity contribution in [3.05, 3.63) is 24.0 Å². The summed E-state index contributed by atoms with van der Waals surface area (Å²) in [6, 6.07) is 2.98. The first-order valence-corrected chi connectivity index (χ1v) is 6.23. The fourth-order valence-corrected chi connectivity index (χ4v) is 1.68. The number of nitrogens with zero attached hydrogens (tertiary/aromatic N) is 2. The van der Waals surface area contributed by atoms with Gasteiger partial charge in [0, 0.05) is 19.3 Å². The summed E-state index contributed by atoms with van der Waals surface area (Å²) in [6.45, 7) is 3.50. The Morgan fingerprint density at radius 3 is 2.60 bits per heavy atom. The number of hydrogen-bond acceptors (Lipinski definition) is 3. The molecule has 1 heterocycles. The van der Waals surface area contributed by atoms with Gasteiger partial charge in [0.1, 0.15) is 12.2 Å². The molecule has 0 bridgehead atoms. The topological polar surface area (TPSA) is 91.6 Å². The zero-order valence-electron chi connectivity index (χ0n) is 11.8. The van der Waals surface area contributed by atoms with E-state index in [0.29, 0.717) is 0 Å². The first-order valence-electron chi connectivity index (χ1n) is 6.23. The maximum atomic E-state index is 11.9. The normalized spacial score (nSPS) is 10.4. The van der Waals surface area contributed by atoms with Crippen LogP contribution in [-0.4, -0.2) is 52.0 Å². The molecule has 0 aliphatic carbocycles. The number of likely N-dealkylation sites (N-methyl/N-ethyl adjacent to an activating group) is 1. The SMILES string of the molecule is CC(C)NC(=O)CN(C)C(=O)Cn1cccc1C(=O)O. The van der Waals surface area contributed by atoms with Gasteiger partial charge < -0.3 is 19.9 Å². The number of carboxylic acid groups (broad SMARTS) is 1. The van der Waals surface area contributed by atoms with Crippen molar-refractivity contribution < 1.29 is 19.5 Å². The molecule has 110 valence electrons. The molecule has 0 fully saturated rings. The number of rotatable bonds is 6. The van der Waals surface area contributed by atoms with Crippen molar-refractivity contribution in [2.45, 2.75) is 26.4 Å². The summed E-state index contributed by atoms with van der Waals surface area (Å²) in [5.41, 5.74) is 0.0402. The molecule has 1 aromatic heterocycles. The van der Waals surface area contributed by atoms with Gasteiger partial charge >= 0.3 is 5.97 Å². The fraction of sp³-hybridized carbons (Fsp3) is 0.462. The van der Waals surface area contributed by atoms with Crippen LogP contribution in [0.25, 0.3) is 0 Å². The minimum Gasteiger partial charge on any atom is -0.477 e. The van der Waals surface area contributed by atoms with Crippen LogP contribution in [0.5, 0.6) is 0 Å². The second-order valence-electron chi connectivity index (χ2n) is 4.80. The third-order valence-electron chi connectivity index (χ3n) is 2.61. The van der Waals surface area contributed by atoms with Crippen LogP contribution in [0.1, 0.15) is 24.3 Å². The quantitative estimate of drug-likeness (QED) is 0.777. The van der Waals surface area contributed by atoms with E-state index in [1.165, 1.54) is 28.8 Å². The number of carbonyl (C=O) groups excluding carboxylic acids is 2. The van der Waals surface area contributed by atoms with Gasteiger partial charge in [-0.15, -0.1) is 0 Å². The van der Waals surface area contributed by atoms with E-state index in [2.05, 4.69) is 5.32 Å². The van der Waals surface area contributed by atoms with Crippen molar-refractivity contribution in [1.82, 2.24) is 14.8 Å². The summed E-state index contributed by atoms with van der Waals surface area (Å²) in [7, 11) is 1.51. The third-order valence-corrected chi connectivity index (χ3v) is 2.61. The first-order chi connectivity index (χ1) is 9.31. The number of nitrogens with one attached hydrogen (secondary N) is 1. The van der Waals surface area contributed by atoms with Crippen LogP contribution in [-0.2, 0) is 16.1 Å². The van der Waals surface area contributed by atoms with Gasteiger partial charge in [0.15, 0.2) is 0 Å². The molecule has 2 N–H and O–H groups in total. The zero-order valence-corrected chi connectivity index (χ0v) is 11.8. The van der Waals surface area contributed by atoms with Gasteiger partial charge in [-0.25, -0.2) is 4.79 Å². The maximum absolute atomic E-state index is 11.9. The van der Waals surface area contributed by atoms with Crippen molar-refractivity contribution in [2.24, 2.45) is 0 Å². The molecule has 0 radical (unpaired) electrons. The third kappa shape index (κ3) is 4.42. The van der Waals surface area contributed by atoms with Crippen molar-refractivity contribution in [2.75, 3.05) is 13.6 Å². The van der Waals surface area contributed by atoms with Crippen LogP contribution in [0.2, 0.25) is 0 Å². The molecule has 0 aliphatic heterocycles. The Bertz CT molecular complexity index is 507. The summed E-state index contributed by atoms with van der Waals surface area (Å²) in [4.78, 5) is 35.7. The predicted molar refractivity (Wildman–Crippen MR) is 72.3 cm³/mol. The van der Waals surface area contributed by atoms with E-state index in [0.717, 1.165) is 0 Å². The minimum absolute atomic E-state index is 0.00839. The van der Waals surface area contributed by atoms with Gasteiger partial charge in [-0.1, -0.05) is 0 Å². The summed E-state index contributed by atoms with van der Waals surface area (Å²) >= 11 is 0. The monoisotopic (exact) mass is 281 g/mol. The molecule has 7 nitrogen and oxygen atoms in total. The van der Waals surface area contributed by atoms with Crippen molar-refractivity contribution in [1.29, 1.82) is 0 Å². The van der Waals surface area contributed by atoms with E-state index in [1.54, 1.807) is 6.07 Å². The van der Waals surface area contributed by atoms with Gasteiger partial charge in [0.25, 0.3) is 0 Å². The van der Waals surface area contributed by atoms with E-state index >= 15 is 0 Å². The molecular weight excluding hydrogens is 262 g/mol. The van der Waals surface area contributed by atoms with E-state index in [-0.39, 0.29) is 36.6 Å². The average Bonchev–Trinajstić information content (AvgIpc) is 2.75. The Hall–Kier alpha value is -2.31. The number of hydrogen-bond donors (Lipinski definition) is 2. The van der Waals surface area contributed by atoms with Crippen LogP contribution in [0, 0.1) is 0 Å². The Labute approximate surface area is 117 Å². The summed E-state index contributed by atoms with van der Waals surface area (Å²) in [6.07, 6.45) is 1.52. The Morgan fingerprint density at radius 2 is 2.05 bits per heavy atom. The zero-order chi connectivity index (χ0) is 15.3. The number of carbonyl (C=O) groups is 3. The Morgan fingerprint density at radius 1 is 1.40 bits per heavy atom. The molecule has 0 aromatic carbocycles. The van der Waals surface area contributed by atoms with Crippen LogP contribution in [0.15, 0.2) is 18.3 Å². The lowest BCUT2D eigenvalue weighted by Gasteiger charge is -2.18. The highest BCUT2D eigenvalue weighted by Gasteiger charge is 2.16. The standard InChI is InChI=1S/C13H19N3O4/c1-9(2)14-11(17)7-15(3)12(18)8-16-6-4-5-10(16)13(19)20/h4-6,9H,7-8H2,1-3H3,(H,14,17)(H,19,20). The maximum Gasteiger partial charge on any atom is 0.352 e. The number of aromatic nitrogens is 1. The first kappa shape index (κ1) is 15.7. The molecule has 2 amide bonds. The Balaban J connectivity index is 2.60. The second-order valence-corrected chi connectivity index (χ2v) is 4.80. The van der Waals surface area contributed by atoms with Gasteiger partial charge in [0.2, 0.25) is 11.8 Å². The van der Waals surface area contributed by atoms with E-state index in [9.17, 15) is 14.4 Å². The average molecular weight is 281 g/mol. The van der Waals surface area contributed by atoms with Crippen molar-refractivity contribution in [3.8, 4) is 0 Å². The molecule has 20 heavy (non-hydrogen) atoms. The van der Waals surface area contributed by atoms with Crippen LogP contribution in [0.4, 0.5) is 0 Å². The summed E-state index contributed by atoms with van der Waals surface area (Å²) in [5.74, 6) is -1.67. The number of amides is 2. The molecule has 0 saturated heterocycles. The van der Waals surface area contributed by atoms with Crippen molar-refractivity contribution in [3.63, 3.8) is 0 Å². The predicted octanol–water partition coefficient (Wildman–Crippen LogP) is 0.169. The van der Waals surface area contributed by atoms with E-state index in [1.807, 2.05) is 13.8 Å². The van der Waals surface area contributed by atoms with Gasteiger partial charge in [0.05, 0.1) is 6.54 Å². The highest BCUT2D eigenvalue weighted by molar-refractivity contribution is 5.88. The lowest BCUT2D eigenvalue weighted by Crippen LogP contribution is -2.42. The molecule has 0 saturated carbocycles. The van der Waals surface area contributed by atoms with Gasteiger partial charge in [-0.3, -0.25) is 9.59 Å². The van der Waals surface area contributed by atoms with Gasteiger partial charge in [-0.2, -0.15) is 0 Å². The summed E-state index contributed by atoms with van der Waals surface area (Å²) in [5, 5.41) is 11.6. The fourth-order valence-electron chi connectivity index (χ4n) is 1.68. The van der Waals surface area contributed by atoms with Crippen LogP contribution in [0.3, 0.4) is 0 Å². The van der Waals surface area contributed by atoms with E-state index in [4.69, 9.17) is 5.11 Å². The highest BCUT2D eigenvalue weighted by Crippen LogP contribution is 2.03. The Kier molecular flexibility index (Phi) is 5.31. The lowest BCUT2D eigenvalue weighted by molar-refractivity contribution is -0.135. The summed E-state index contributed by atoms with van der Waals surface area (Å²) < 4.78 is 1.33. The molecule has 1 rings (SSSR count). The van der Waals surface area contributed by atoms with Crippen LogP contribution >= 0.6 is 0 Å². The molecule has 0 aliphatic rings. The molecule has 0 unspecified atom stereocenters. The number of aromatic carboxylic acids is 1. The molecular formula is C13H19N3O4. The van der Waals surface area contributed by atoms with Gasteiger partial charge in [-0.05, 0) is 26.0 Å². The highest BCUT2D eigenvalue weighted by atomic mass is 16.4. The lowest BCUT2D eigenvalue weighted by atomic mass is 10.3. The molecule has 1 aromatic rings. The van der Waals surface area contributed by atoms with Crippen molar-refractivity contribution >= 4 is 17.8 Å². The molecule has 7 heteroatoms.